The van der Waals surface area contributed by atoms with Crippen LogP contribution in [0.15, 0.2) is 29.2 Å². The van der Waals surface area contributed by atoms with Crippen LogP contribution in [0.5, 0.6) is 0 Å². The second-order valence-corrected chi connectivity index (χ2v) is 6.60. The first-order valence-corrected chi connectivity index (χ1v) is 7.24. The van der Waals surface area contributed by atoms with Crippen LogP contribution in [0.3, 0.4) is 0 Å². The molecule has 0 fully saturated rings. The van der Waals surface area contributed by atoms with Crippen LogP contribution in [0, 0.1) is 0 Å². The quantitative estimate of drug-likeness (QED) is 0.850. The molecule has 1 rings (SSSR count). The first-order valence-electron chi connectivity index (χ1n) is 5.16. The van der Waals surface area contributed by atoms with Crippen LogP contribution in [0.4, 0.5) is 14.5 Å². The SMILES string of the molecule is CC(C)(CCl)Nc1ccccc1S(=O)(=O)C(F)F. The molecule has 0 aliphatic carbocycles. The molecule has 1 aromatic carbocycles. The molecule has 102 valence electrons. The number of hydrogen-bond donors (Lipinski definition) is 1. The average Bonchev–Trinajstić information content (AvgIpc) is 2.29. The Morgan fingerprint density at radius 3 is 2.39 bits per heavy atom. The fourth-order valence-electron chi connectivity index (χ4n) is 1.31. The highest BCUT2D eigenvalue weighted by atomic mass is 35.5. The summed E-state index contributed by atoms with van der Waals surface area (Å²) in [6, 6.07) is 5.54. The molecule has 0 spiro atoms. The van der Waals surface area contributed by atoms with Gasteiger partial charge in [0, 0.05) is 11.4 Å². The molecule has 1 N–H and O–H groups in total. The van der Waals surface area contributed by atoms with Crippen molar-refractivity contribution in [2.24, 2.45) is 0 Å². The summed E-state index contributed by atoms with van der Waals surface area (Å²) in [5.74, 6) is -3.24. The van der Waals surface area contributed by atoms with Gasteiger partial charge in [-0.15, -0.1) is 11.6 Å². The number of hydrogen-bond acceptors (Lipinski definition) is 3. The molecule has 0 atom stereocenters. The van der Waals surface area contributed by atoms with Crippen LogP contribution in [0.25, 0.3) is 0 Å². The van der Waals surface area contributed by atoms with Crippen LogP contribution in [-0.2, 0) is 9.84 Å². The van der Waals surface area contributed by atoms with E-state index in [4.69, 9.17) is 11.6 Å². The number of benzene rings is 1. The molecule has 1 aromatic rings. The summed E-state index contributed by atoms with van der Waals surface area (Å²) in [5, 5.41) is 2.85. The van der Waals surface area contributed by atoms with Crippen LogP contribution in [-0.4, -0.2) is 25.6 Å². The Kier molecular flexibility index (Phi) is 4.55. The van der Waals surface area contributed by atoms with Gasteiger partial charge in [0.15, 0.2) is 0 Å². The minimum absolute atomic E-state index is 0.128. The summed E-state index contributed by atoms with van der Waals surface area (Å²) in [5.41, 5.74) is -0.474. The molecule has 0 saturated heterocycles. The predicted octanol–water partition coefficient (Wildman–Crippen LogP) is 3.11. The Balaban J connectivity index is 3.24. The van der Waals surface area contributed by atoms with E-state index in [9.17, 15) is 17.2 Å². The van der Waals surface area contributed by atoms with Crippen LogP contribution >= 0.6 is 11.6 Å². The second-order valence-electron chi connectivity index (χ2n) is 4.44. The van der Waals surface area contributed by atoms with Gasteiger partial charge in [-0.1, -0.05) is 12.1 Å². The lowest BCUT2D eigenvalue weighted by molar-refractivity contribution is 0.235. The van der Waals surface area contributed by atoms with Gasteiger partial charge in [-0.05, 0) is 26.0 Å². The maximum absolute atomic E-state index is 12.6. The van der Waals surface area contributed by atoms with Crippen LogP contribution in [0.1, 0.15) is 13.8 Å². The van der Waals surface area contributed by atoms with Crippen molar-refractivity contribution in [3.8, 4) is 0 Å². The van der Waals surface area contributed by atoms with Crippen molar-refractivity contribution in [2.75, 3.05) is 11.2 Å². The van der Waals surface area contributed by atoms with Gasteiger partial charge in [0.05, 0.1) is 10.6 Å². The first kappa shape index (κ1) is 15.2. The summed E-state index contributed by atoms with van der Waals surface area (Å²) in [6.07, 6.45) is 0. The predicted molar refractivity (Wildman–Crippen MR) is 68.1 cm³/mol. The molecule has 0 heterocycles. The number of nitrogens with one attached hydrogen (secondary N) is 1. The topological polar surface area (TPSA) is 46.2 Å². The van der Waals surface area contributed by atoms with Gasteiger partial charge in [0.1, 0.15) is 0 Å². The Hall–Kier alpha value is -0.880. The third-order valence-electron chi connectivity index (χ3n) is 2.24. The molecule has 0 saturated carbocycles. The van der Waals surface area contributed by atoms with Crippen molar-refractivity contribution in [1.29, 1.82) is 0 Å². The lowest BCUT2D eigenvalue weighted by atomic mass is 10.1. The number of halogens is 3. The maximum Gasteiger partial charge on any atom is 0.341 e. The van der Waals surface area contributed by atoms with E-state index >= 15 is 0 Å². The number of sulfone groups is 1. The summed E-state index contributed by atoms with van der Waals surface area (Å²) >= 11 is 5.71. The number of alkyl halides is 3. The number of rotatable bonds is 5. The fraction of sp³-hybridized carbons (Fsp3) is 0.455. The summed E-state index contributed by atoms with van der Waals surface area (Å²) < 4.78 is 48.1. The first-order chi connectivity index (χ1) is 8.20. The monoisotopic (exact) mass is 297 g/mol. The molecule has 0 aliphatic heterocycles. The maximum atomic E-state index is 12.6. The Labute approximate surface area is 110 Å². The smallest absolute Gasteiger partial charge is 0.341 e. The van der Waals surface area contributed by atoms with E-state index in [1.54, 1.807) is 19.9 Å². The normalized spacial score (nSPS) is 12.8. The van der Waals surface area contributed by atoms with Gasteiger partial charge in [-0.3, -0.25) is 0 Å². The molecule has 0 bridgehead atoms. The highest BCUT2D eigenvalue weighted by molar-refractivity contribution is 7.91. The molecule has 0 amide bonds. The van der Waals surface area contributed by atoms with E-state index in [0.717, 1.165) is 6.07 Å². The highest BCUT2D eigenvalue weighted by Gasteiger charge is 2.30. The van der Waals surface area contributed by atoms with Crippen LogP contribution in [0.2, 0.25) is 0 Å². The third kappa shape index (κ3) is 3.32. The largest absolute Gasteiger partial charge is 0.378 e. The van der Waals surface area contributed by atoms with Crippen molar-refractivity contribution in [1.82, 2.24) is 0 Å². The standard InChI is InChI=1S/C11H14ClF2NO2S/c1-11(2,7-12)15-8-5-3-4-6-9(8)18(16,17)10(13)14/h3-6,10,15H,7H2,1-2H3. The van der Waals surface area contributed by atoms with Gasteiger partial charge >= 0.3 is 5.76 Å². The van der Waals surface area contributed by atoms with Gasteiger partial charge in [0.2, 0.25) is 9.84 Å². The van der Waals surface area contributed by atoms with Gasteiger partial charge in [-0.25, -0.2) is 8.42 Å². The van der Waals surface area contributed by atoms with E-state index in [1.807, 2.05) is 0 Å². The zero-order chi connectivity index (χ0) is 14.0. The van der Waals surface area contributed by atoms with Crippen molar-refractivity contribution < 1.29 is 17.2 Å². The Bertz CT molecular complexity index is 518. The van der Waals surface area contributed by atoms with Crippen molar-refractivity contribution in [3.63, 3.8) is 0 Å². The number of anilines is 1. The lowest BCUT2D eigenvalue weighted by Crippen LogP contribution is -2.33. The van der Waals surface area contributed by atoms with Crippen molar-refractivity contribution >= 4 is 27.1 Å². The fourth-order valence-corrected chi connectivity index (χ4v) is 2.26. The average molecular weight is 298 g/mol. The summed E-state index contributed by atoms with van der Waals surface area (Å²) in [7, 11) is -4.63. The molecular weight excluding hydrogens is 284 g/mol. The van der Waals surface area contributed by atoms with Gasteiger partial charge in [-0.2, -0.15) is 8.78 Å². The minimum Gasteiger partial charge on any atom is -0.378 e. The molecule has 0 radical (unpaired) electrons. The molecule has 0 aromatic heterocycles. The molecule has 18 heavy (non-hydrogen) atoms. The van der Waals surface area contributed by atoms with E-state index in [1.165, 1.54) is 12.1 Å². The molecule has 3 nitrogen and oxygen atoms in total. The van der Waals surface area contributed by atoms with E-state index < -0.39 is 26.0 Å². The number of para-hydroxylation sites is 1. The highest BCUT2D eigenvalue weighted by Crippen LogP contribution is 2.28. The molecule has 0 unspecified atom stereocenters. The molecule has 0 aliphatic rings. The van der Waals surface area contributed by atoms with Crippen molar-refractivity contribution in [2.45, 2.75) is 30.0 Å². The molecule has 7 heteroatoms. The van der Waals surface area contributed by atoms with E-state index in [0.29, 0.717) is 0 Å². The Morgan fingerprint density at radius 1 is 1.33 bits per heavy atom. The van der Waals surface area contributed by atoms with E-state index in [2.05, 4.69) is 5.32 Å². The Morgan fingerprint density at radius 2 is 1.89 bits per heavy atom. The van der Waals surface area contributed by atoms with Crippen LogP contribution < -0.4 is 5.32 Å². The van der Waals surface area contributed by atoms with Gasteiger partial charge < -0.3 is 5.32 Å². The zero-order valence-electron chi connectivity index (χ0n) is 9.95. The van der Waals surface area contributed by atoms with E-state index in [-0.39, 0.29) is 11.6 Å². The summed E-state index contributed by atoms with van der Waals surface area (Å²) in [4.78, 5) is -0.418. The third-order valence-corrected chi connectivity index (χ3v) is 4.34. The molecular formula is C11H14ClF2NO2S. The lowest BCUT2D eigenvalue weighted by Gasteiger charge is -2.26. The zero-order valence-corrected chi connectivity index (χ0v) is 11.5. The summed E-state index contributed by atoms with van der Waals surface area (Å²) in [6.45, 7) is 3.48. The second kappa shape index (κ2) is 5.40. The van der Waals surface area contributed by atoms with Gasteiger partial charge in [0.25, 0.3) is 0 Å². The van der Waals surface area contributed by atoms with Crippen molar-refractivity contribution in [3.05, 3.63) is 24.3 Å². The minimum atomic E-state index is -4.63.